The second kappa shape index (κ2) is 6.24. The van der Waals surface area contributed by atoms with Gasteiger partial charge in [0.2, 0.25) is 5.91 Å². The molecule has 1 aromatic heterocycles. The van der Waals surface area contributed by atoms with Crippen LogP contribution in [0, 0.1) is 0 Å². The zero-order chi connectivity index (χ0) is 16.7. The lowest BCUT2D eigenvalue weighted by molar-refractivity contribution is -0.129. The lowest BCUT2D eigenvalue weighted by Gasteiger charge is -2.21. The molecule has 2 fully saturated rings. The lowest BCUT2D eigenvalue weighted by Crippen LogP contribution is -2.34. The Labute approximate surface area is 145 Å². The van der Waals surface area contributed by atoms with Gasteiger partial charge in [0.1, 0.15) is 0 Å². The standard InChI is InChI=1S/C18H21N3O2S/c1-12(16(22)20-10-4-5-11-20)24-18-19-15-7-3-2-6-14(15)17(23)21(18)13-8-9-13/h2-3,6-7,12-13H,4-5,8-11H2,1H3/t12-/m1/s1. The molecule has 5 nitrogen and oxygen atoms in total. The normalized spacial score (nSPS) is 19.0. The van der Waals surface area contributed by atoms with Crippen molar-refractivity contribution < 1.29 is 4.79 Å². The Hall–Kier alpha value is -1.82. The molecule has 0 spiro atoms. The second-order valence-corrected chi connectivity index (χ2v) is 7.92. The number of fused-ring (bicyclic) bond motifs is 1. The number of rotatable bonds is 4. The Morgan fingerprint density at radius 1 is 1.25 bits per heavy atom. The third kappa shape index (κ3) is 2.83. The van der Waals surface area contributed by atoms with Crippen LogP contribution in [-0.4, -0.2) is 38.7 Å². The quantitative estimate of drug-likeness (QED) is 0.633. The van der Waals surface area contributed by atoms with Crippen molar-refractivity contribution in [1.29, 1.82) is 0 Å². The maximum absolute atomic E-state index is 12.9. The van der Waals surface area contributed by atoms with Crippen molar-refractivity contribution in [1.82, 2.24) is 14.5 Å². The Morgan fingerprint density at radius 3 is 2.67 bits per heavy atom. The van der Waals surface area contributed by atoms with E-state index in [2.05, 4.69) is 0 Å². The molecule has 24 heavy (non-hydrogen) atoms. The van der Waals surface area contributed by atoms with Crippen LogP contribution in [0.15, 0.2) is 34.2 Å². The smallest absolute Gasteiger partial charge is 0.262 e. The number of hydrogen-bond acceptors (Lipinski definition) is 4. The monoisotopic (exact) mass is 343 g/mol. The first kappa shape index (κ1) is 15.7. The minimum Gasteiger partial charge on any atom is -0.342 e. The average Bonchev–Trinajstić information content (AvgIpc) is 3.26. The number of carbonyl (C=O) groups is 1. The molecule has 1 aliphatic heterocycles. The predicted octanol–water partition coefficient (Wildman–Crippen LogP) is 2.83. The fourth-order valence-corrected chi connectivity index (χ4v) is 4.33. The fourth-order valence-electron chi connectivity index (χ4n) is 3.27. The molecule has 0 N–H and O–H groups in total. The van der Waals surface area contributed by atoms with Gasteiger partial charge in [-0.3, -0.25) is 14.2 Å². The van der Waals surface area contributed by atoms with Crippen LogP contribution >= 0.6 is 11.8 Å². The van der Waals surface area contributed by atoms with E-state index in [1.807, 2.05) is 36.1 Å². The second-order valence-electron chi connectivity index (χ2n) is 6.61. The molecule has 1 aliphatic carbocycles. The van der Waals surface area contributed by atoms with Crippen LogP contribution < -0.4 is 5.56 Å². The van der Waals surface area contributed by atoms with Crippen molar-refractivity contribution in [3.05, 3.63) is 34.6 Å². The molecule has 1 amide bonds. The van der Waals surface area contributed by atoms with Crippen LogP contribution in [0.1, 0.15) is 38.6 Å². The first-order chi connectivity index (χ1) is 11.6. The highest BCUT2D eigenvalue weighted by molar-refractivity contribution is 8.00. The molecule has 126 valence electrons. The van der Waals surface area contributed by atoms with Gasteiger partial charge in [0.15, 0.2) is 5.16 Å². The zero-order valence-corrected chi connectivity index (χ0v) is 14.6. The molecule has 2 aliphatic rings. The number of amides is 1. The van der Waals surface area contributed by atoms with Gasteiger partial charge < -0.3 is 4.90 Å². The zero-order valence-electron chi connectivity index (χ0n) is 13.8. The van der Waals surface area contributed by atoms with Gasteiger partial charge in [0.25, 0.3) is 5.56 Å². The van der Waals surface area contributed by atoms with Gasteiger partial charge >= 0.3 is 0 Å². The van der Waals surface area contributed by atoms with Crippen molar-refractivity contribution in [2.24, 2.45) is 0 Å². The van der Waals surface area contributed by atoms with Crippen LogP contribution in [0.2, 0.25) is 0 Å². The van der Waals surface area contributed by atoms with Crippen molar-refractivity contribution in [2.45, 2.75) is 49.1 Å². The van der Waals surface area contributed by atoms with Gasteiger partial charge in [-0.2, -0.15) is 0 Å². The molecule has 1 aromatic carbocycles. The summed E-state index contributed by atoms with van der Waals surface area (Å²) in [5.74, 6) is 0.155. The van der Waals surface area contributed by atoms with Gasteiger partial charge in [0, 0.05) is 19.1 Å². The van der Waals surface area contributed by atoms with Crippen molar-refractivity contribution >= 4 is 28.6 Å². The van der Waals surface area contributed by atoms with E-state index in [0.29, 0.717) is 16.1 Å². The summed E-state index contributed by atoms with van der Waals surface area (Å²) >= 11 is 1.42. The molecule has 1 saturated carbocycles. The Kier molecular flexibility index (Phi) is 4.08. The Morgan fingerprint density at radius 2 is 1.96 bits per heavy atom. The summed E-state index contributed by atoms with van der Waals surface area (Å²) in [6.45, 7) is 3.62. The molecule has 0 radical (unpaired) electrons. The van der Waals surface area contributed by atoms with E-state index in [0.717, 1.165) is 38.8 Å². The van der Waals surface area contributed by atoms with E-state index >= 15 is 0 Å². The molecular formula is C18H21N3O2S. The summed E-state index contributed by atoms with van der Waals surface area (Å²) < 4.78 is 1.81. The number of para-hydroxylation sites is 1. The van der Waals surface area contributed by atoms with Gasteiger partial charge in [-0.05, 0) is 44.7 Å². The van der Waals surface area contributed by atoms with Crippen LogP contribution in [0.3, 0.4) is 0 Å². The number of nitrogens with zero attached hydrogens (tertiary/aromatic N) is 3. The van der Waals surface area contributed by atoms with Gasteiger partial charge in [0.05, 0.1) is 16.2 Å². The minimum absolute atomic E-state index is 0.0198. The van der Waals surface area contributed by atoms with Crippen LogP contribution in [0.4, 0.5) is 0 Å². The SMILES string of the molecule is C[C@@H](Sc1nc2ccccc2c(=O)n1C1CC1)C(=O)N1CCCC1. The Bertz CT molecular complexity index is 838. The highest BCUT2D eigenvalue weighted by Crippen LogP contribution is 2.37. The fraction of sp³-hybridized carbons (Fsp3) is 0.500. The summed E-state index contributed by atoms with van der Waals surface area (Å²) in [6, 6.07) is 7.70. The molecule has 6 heteroatoms. The number of hydrogen-bond donors (Lipinski definition) is 0. The third-order valence-corrected chi connectivity index (χ3v) is 5.79. The van der Waals surface area contributed by atoms with E-state index in [1.165, 1.54) is 11.8 Å². The van der Waals surface area contributed by atoms with E-state index in [1.54, 1.807) is 4.57 Å². The van der Waals surface area contributed by atoms with Gasteiger partial charge in [-0.15, -0.1) is 0 Å². The molecule has 2 aromatic rings. The molecule has 1 atom stereocenters. The molecule has 0 bridgehead atoms. The molecule has 2 heterocycles. The summed E-state index contributed by atoms with van der Waals surface area (Å²) in [6.07, 6.45) is 4.21. The van der Waals surface area contributed by atoms with E-state index in [-0.39, 0.29) is 22.8 Å². The van der Waals surface area contributed by atoms with E-state index in [9.17, 15) is 9.59 Å². The maximum Gasteiger partial charge on any atom is 0.262 e. The number of benzene rings is 1. The maximum atomic E-state index is 12.9. The van der Waals surface area contributed by atoms with Gasteiger partial charge in [-0.25, -0.2) is 4.98 Å². The van der Waals surface area contributed by atoms with Crippen molar-refractivity contribution in [2.75, 3.05) is 13.1 Å². The van der Waals surface area contributed by atoms with E-state index < -0.39 is 0 Å². The summed E-state index contributed by atoms with van der Waals surface area (Å²) in [7, 11) is 0. The lowest BCUT2D eigenvalue weighted by atomic mass is 10.2. The topological polar surface area (TPSA) is 55.2 Å². The highest BCUT2D eigenvalue weighted by atomic mass is 32.2. The van der Waals surface area contributed by atoms with Crippen molar-refractivity contribution in [3.8, 4) is 0 Å². The van der Waals surface area contributed by atoms with Crippen LogP contribution in [0.5, 0.6) is 0 Å². The van der Waals surface area contributed by atoms with E-state index in [4.69, 9.17) is 4.98 Å². The van der Waals surface area contributed by atoms with Gasteiger partial charge in [-0.1, -0.05) is 23.9 Å². The Balaban J connectivity index is 1.69. The van der Waals surface area contributed by atoms with Crippen LogP contribution in [0.25, 0.3) is 10.9 Å². The number of thioether (sulfide) groups is 1. The molecule has 0 unspecified atom stereocenters. The highest BCUT2D eigenvalue weighted by Gasteiger charge is 2.31. The van der Waals surface area contributed by atoms with Crippen molar-refractivity contribution in [3.63, 3.8) is 0 Å². The minimum atomic E-state index is -0.221. The predicted molar refractivity (Wildman–Crippen MR) is 95.4 cm³/mol. The summed E-state index contributed by atoms with van der Waals surface area (Å²) in [5.41, 5.74) is 0.731. The number of carbonyl (C=O) groups excluding carboxylic acids is 1. The molecule has 1 saturated heterocycles. The third-order valence-electron chi connectivity index (χ3n) is 4.74. The summed E-state index contributed by atoms with van der Waals surface area (Å²) in [4.78, 5) is 32.1. The van der Waals surface area contributed by atoms with Crippen LogP contribution in [-0.2, 0) is 4.79 Å². The number of likely N-dealkylation sites (tertiary alicyclic amines) is 1. The molecule has 4 rings (SSSR count). The summed E-state index contributed by atoms with van der Waals surface area (Å²) in [5, 5.41) is 1.12. The average molecular weight is 343 g/mol. The molecular weight excluding hydrogens is 322 g/mol. The first-order valence-corrected chi connectivity index (χ1v) is 9.50. The first-order valence-electron chi connectivity index (χ1n) is 8.62. The number of aromatic nitrogens is 2. The largest absolute Gasteiger partial charge is 0.342 e.